The summed E-state index contributed by atoms with van der Waals surface area (Å²) in [7, 11) is -3.66. The molecule has 0 aliphatic carbocycles. The van der Waals surface area contributed by atoms with Crippen molar-refractivity contribution in [3.63, 3.8) is 0 Å². The molecule has 0 atom stereocenters. The summed E-state index contributed by atoms with van der Waals surface area (Å²) >= 11 is 0. The summed E-state index contributed by atoms with van der Waals surface area (Å²) in [5, 5.41) is 13.7. The molecular formula is C21H27N3O6S. The number of ether oxygens (including phenoxy) is 1. The van der Waals surface area contributed by atoms with Crippen LogP contribution in [0.1, 0.15) is 24.0 Å². The van der Waals surface area contributed by atoms with E-state index < -0.39 is 14.9 Å². The number of nitrogens with one attached hydrogen (secondary N) is 1. The van der Waals surface area contributed by atoms with Gasteiger partial charge < -0.3 is 10.1 Å². The van der Waals surface area contributed by atoms with Gasteiger partial charge in [0.1, 0.15) is 12.4 Å². The second-order valence-corrected chi connectivity index (χ2v) is 9.02. The molecule has 168 valence electrons. The van der Waals surface area contributed by atoms with E-state index in [1.165, 1.54) is 24.3 Å². The van der Waals surface area contributed by atoms with Crippen molar-refractivity contribution in [3.05, 3.63) is 63.7 Å². The lowest BCUT2D eigenvalue weighted by molar-refractivity contribution is -0.384. The average molecular weight is 450 g/mol. The van der Waals surface area contributed by atoms with Crippen molar-refractivity contribution in [2.75, 3.05) is 30.3 Å². The summed E-state index contributed by atoms with van der Waals surface area (Å²) in [6.07, 6.45) is 1.40. The fourth-order valence-corrected chi connectivity index (χ4v) is 3.91. The number of carbonyl (C=O) groups is 1. The van der Waals surface area contributed by atoms with Crippen molar-refractivity contribution >= 4 is 27.3 Å². The van der Waals surface area contributed by atoms with Gasteiger partial charge in [0.05, 0.1) is 23.4 Å². The van der Waals surface area contributed by atoms with Crippen LogP contribution in [0.4, 0.5) is 11.4 Å². The van der Waals surface area contributed by atoms with Gasteiger partial charge in [-0.05, 0) is 43.5 Å². The normalized spacial score (nSPS) is 11.1. The summed E-state index contributed by atoms with van der Waals surface area (Å²) in [5.74, 6) is 0.548. The Hall–Kier alpha value is -3.14. The fourth-order valence-electron chi connectivity index (χ4n) is 2.95. The zero-order chi connectivity index (χ0) is 23.0. The number of nitrogens with zero attached hydrogens (tertiary/aromatic N) is 2. The third-order valence-corrected chi connectivity index (χ3v) is 5.92. The quantitative estimate of drug-likeness (QED) is 0.320. The number of hydrogen-bond acceptors (Lipinski definition) is 6. The molecule has 0 bridgehead atoms. The summed E-state index contributed by atoms with van der Waals surface area (Å²) in [6.45, 7) is 4.65. The number of aryl methyl sites for hydroxylation is 1. The zero-order valence-corrected chi connectivity index (χ0v) is 18.6. The topological polar surface area (TPSA) is 119 Å². The number of sulfonamides is 1. The minimum absolute atomic E-state index is 0.0341. The molecule has 0 fully saturated rings. The molecule has 0 saturated carbocycles. The molecule has 1 N–H and O–H groups in total. The molecule has 9 nitrogen and oxygen atoms in total. The van der Waals surface area contributed by atoms with Gasteiger partial charge in [-0.1, -0.05) is 18.2 Å². The maximum atomic E-state index is 12.1. The molecule has 0 aliphatic heterocycles. The Balaban J connectivity index is 1.83. The van der Waals surface area contributed by atoms with E-state index in [9.17, 15) is 23.3 Å². The first-order valence-electron chi connectivity index (χ1n) is 9.77. The largest absolute Gasteiger partial charge is 0.491 e. The van der Waals surface area contributed by atoms with Gasteiger partial charge in [0, 0.05) is 25.1 Å². The first-order valence-corrected chi connectivity index (χ1v) is 11.6. The van der Waals surface area contributed by atoms with Gasteiger partial charge in [-0.3, -0.25) is 19.2 Å². The molecule has 0 heterocycles. The smallest absolute Gasteiger partial charge is 0.271 e. The Morgan fingerprint density at radius 3 is 2.58 bits per heavy atom. The maximum Gasteiger partial charge on any atom is 0.271 e. The number of amides is 1. The van der Waals surface area contributed by atoms with Crippen LogP contribution >= 0.6 is 0 Å². The van der Waals surface area contributed by atoms with Gasteiger partial charge in [-0.2, -0.15) is 0 Å². The van der Waals surface area contributed by atoms with Crippen LogP contribution in [-0.2, 0) is 14.8 Å². The Labute approximate surface area is 182 Å². The van der Waals surface area contributed by atoms with Crippen LogP contribution in [0.3, 0.4) is 0 Å². The number of carbonyl (C=O) groups excluding carboxylic acids is 1. The van der Waals surface area contributed by atoms with E-state index in [0.29, 0.717) is 13.2 Å². The molecule has 10 heteroatoms. The maximum absolute atomic E-state index is 12.1. The van der Waals surface area contributed by atoms with E-state index in [0.717, 1.165) is 27.4 Å². The Morgan fingerprint density at radius 2 is 1.90 bits per heavy atom. The minimum atomic E-state index is -3.66. The molecule has 0 spiro atoms. The molecule has 2 rings (SSSR count). The molecule has 2 aromatic rings. The number of nitro benzene ring substituents is 1. The molecule has 31 heavy (non-hydrogen) atoms. The van der Waals surface area contributed by atoms with Crippen LogP contribution in [0.5, 0.6) is 5.75 Å². The van der Waals surface area contributed by atoms with E-state index >= 15 is 0 Å². The lowest BCUT2D eigenvalue weighted by atomic mass is 10.1. The highest BCUT2D eigenvalue weighted by molar-refractivity contribution is 7.92. The van der Waals surface area contributed by atoms with Crippen LogP contribution in [0.25, 0.3) is 0 Å². The van der Waals surface area contributed by atoms with Gasteiger partial charge in [0.15, 0.2) is 0 Å². The first-order chi connectivity index (χ1) is 14.6. The Kier molecular flexibility index (Phi) is 8.38. The van der Waals surface area contributed by atoms with Crippen LogP contribution in [-0.4, -0.2) is 45.2 Å². The standard InChI is InChI=1S/C21H27N3O6S/c1-16-7-4-10-20(17(16)2)30-14-12-22-21(25)11-6-13-23(31(3,28)29)18-8-5-9-19(15-18)24(26)27/h4-5,7-10,15H,6,11-14H2,1-3H3,(H,22,25). The van der Waals surface area contributed by atoms with Crippen LogP contribution in [0.15, 0.2) is 42.5 Å². The molecule has 2 aromatic carbocycles. The van der Waals surface area contributed by atoms with Crippen molar-refractivity contribution < 1.29 is 22.9 Å². The van der Waals surface area contributed by atoms with Crippen molar-refractivity contribution in [1.82, 2.24) is 5.32 Å². The monoisotopic (exact) mass is 449 g/mol. The molecule has 0 saturated heterocycles. The number of rotatable bonds is 11. The third-order valence-electron chi connectivity index (χ3n) is 4.73. The summed E-state index contributed by atoms with van der Waals surface area (Å²) < 4.78 is 31.0. The van der Waals surface area contributed by atoms with Crippen molar-refractivity contribution in [2.45, 2.75) is 26.7 Å². The van der Waals surface area contributed by atoms with Crippen molar-refractivity contribution in [2.24, 2.45) is 0 Å². The third kappa shape index (κ3) is 7.25. The van der Waals surface area contributed by atoms with Crippen molar-refractivity contribution in [1.29, 1.82) is 0 Å². The van der Waals surface area contributed by atoms with Gasteiger partial charge in [-0.25, -0.2) is 8.42 Å². The lowest BCUT2D eigenvalue weighted by Gasteiger charge is -2.22. The van der Waals surface area contributed by atoms with E-state index in [-0.39, 0.29) is 36.7 Å². The molecular weight excluding hydrogens is 422 g/mol. The molecule has 0 aromatic heterocycles. The molecule has 0 unspecified atom stereocenters. The second kappa shape index (κ2) is 10.8. The van der Waals surface area contributed by atoms with Crippen LogP contribution < -0.4 is 14.4 Å². The summed E-state index contributed by atoms with van der Waals surface area (Å²) in [6, 6.07) is 11.2. The highest BCUT2D eigenvalue weighted by atomic mass is 32.2. The number of non-ortho nitro benzene ring substituents is 1. The van der Waals surface area contributed by atoms with Gasteiger partial charge >= 0.3 is 0 Å². The predicted octanol–water partition coefficient (Wildman–Crippen LogP) is 2.95. The molecule has 1 amide bonds. The molecule has 0 radical (unpaired) electrons. The van der Waals surface area contributed by atoms with E-state index in [1.54, 1.807) is 0 Å². The number of hydrogen-bond donors (Lipinski definition) is 1. The predicted molar refractivity (Wildman–Crippen MR) is 119 cm³/mol. The lowest BCUT2D eigenvalue weighted by Crippen LogP contribution is -2.33. The zero-order valence-electron chi connectivity index (χ0n) is 17.8. The SMILES string of the molecule is Cc1cccc(OCCNC(=O)CCCN(c2cccc([N+](=O)[O-])c2)S(C)(=O)=O)c1C. The fraction of sp³-hybridized carbons (Fsp3) is 0.381. The summed E-state index contributed by atoms with van der Waals surface area (Å²) in [5.41, 5.74) is 2.17. The van der Waals surface area contributed by atoms with Gasteiger partial charge in [0.2, 0.25) is 15.9 Å². The van der Waals surface area contributed by atoms with E-state index in [2.05, 4.69) is 5.32 Å². The second-order valence-electron chi connectivity index (χ2n) is 7.11. The highest BCUT2D eigenvalue weighted by Gasteiger charge is 2.19. The van der Waals surface area contributed by atoms with E-state index in [4.69, 9.17) is 4.74 Å². The average Bonchev–Trinajstić information content (AvgIpc) is 2.70. The number of nitro groups is 1. The summed E-state index contributed by atoms with van der Waals surface area (Å²) in [4.78, 5) is 22.4. The highest BCUT2D eigenvalue weighted by Crippen LogP contribution is 2.23. The van der Waals surface area contributed by atoms with E-state index in [1.807, 2.05) is 32.0 Å². The van der Waals surface area contributed by atoms with Crippen LogP contribution in [0, 0.1) is 24.0 Å². The number of benzene rings is 2. The molecule has 0 aliphatic rings. The Bertz CT molecular complexity index is 1040. The number of anilines is 1. The van der Waals surface area contributed by atoms with Crippen molar-refractivity contribution in [3.8, 4) is 5.75 Å². The Morgan fingerprint density at radius 1 is 1.19 bits per heavy atom. The first kappa shape index (κ1) is 24.1. The van der Waals surface area contributed by atoms with Gasteiger partial charge in [-0.15, -0.1) is 0 Å². The van der Waals surface area contributed by atoms with Crippen LogP contribution in [0.2, 0.25) is 0 Å². The van der Waals surface area contributed by atoms with Gasteiger partial charge in [0.25, 0.3) is 5.69 Å². The minimum Gasteiger partial charge on any atom is -0.491 e.